The van der Waals surface area contributed by atoms with E-state index in [9.17, 15) is 9.90 Å². The normalized spacial score (nSPS) is 12.6. The fraction of sp³-hybridized carbons (Fsp3) is 0.900. The molecule has 0 saturated carbocycles. The molecule has 0 rings (SSSR count). The summed E-state index contributed by atoms with van der Waals surface area (Å²) in [5, 5.41) is 14.7. The largest absolute Gasteiger partial charge is 0.391 e. The van der Waals surface area contributed by atoms with E-state index in [1.165, 1.54) is 0 Å². The number of aliphatic hydroxyl groups is 1. The molecule has 0 spiro atoms. The Morgan fingerprint density at radius 2 is 2.00 bits per heavy atom. The highest BCUT2D eigenvalue weighted by atomic mass is 16.3. The van der Waals surface area contributed by atoms with Crippen LogP contribution >= 0.6 is 0 Å². The molecule has 4 heteroatoms. The topological polar surface area (TPSA) is 61.4 Å². The number of urea groups is 1. The second-order valence-corrected chi connectivity index (χ2v) is 3.80. The Hall–Kier alpha value is -0.770. The molecule has 0 aromatic carbocycles. The van der Waals surface area contributed by atoms with Gasteiger partial charge < -0.3 is 15.7 Å². The van der Waals surface area contributed by atoms with E-state index in [0.29, 0.717) is 13.1 Å². The third-order valence-corrected chi connectivity index (χ3v) is 2.06. The number of nitrogens with one attached hydrogen (secondary N) is 2. The third kappa shape index (κ3) is 6.71. The standard InChI is InChI=1S/C10H22N2O2/c1-4-5-6-11-10(14)12-7-9(13)8(2)3/h8-9,13H,4-7H2,1-3H3,(H2,11,12,14). The van der Waals surface area contributed by atoms with Crippen molar-refractivity contribution in [2.24, 2.45) is 5.92 Å². The summed E-state index contributed by atoms with van der Waals surface area (Å²) in [5.41, 5.74) is 0. The average molecular weight is 202 g/mol. The lowest BCUT2D eigenvalue weighted by Gasteiger charge is -2.15. The quantitative estimate of drug-likeness (QED) is 0.565. The molecule has 0 aliphatic rings. The van der Waals surface area contributed by atoms with Crippen molar-refractivity contribution in [3.05, 3.63) is 0 Å². The molecule has 4 nitrogen and oxygen atoms in total. The zero-order chi connectivity index (χ0) is 11.0. The summed E-state index contributed by atoms with van der Waals surface area (Å²) in [4.78, 5) is 11.1. The van der Waals surface area contributed by atoms with Gasteiger partial charge in [-0.15, -0.1) is 0 Å². The molecule has 2 amide bonds. The van der Waals surface area contributed by atoms with Gasteiger partial charge in [-0.1, -0.05) is 27.2 Å². The number of carbonyl (C=O) groups excluding carboxylic acids is 1. The molecule has 0 saturated heterocycles. The Kier molecular flexibility index (Phi) is 7.20. The van der Waals surface area contributed by atoms with Gasteiger partial charge in [0.15, 0.2) is 0 Å². The maximum atomic E-state index is 11.1. The first-order chi connectivity index (χ1) is 6.57. The molecule has 84 valence electrons. The zero-order valence-electron chi connectivity index (χ0n) is 9.34. The Morgan fingerprint density at radius 3 is 2.50 bits per heavy atom. The van der Waals surface area contributed by atoms with Gasteiger partial charge in [0.2, 0.25) is 0 Å². The van der Waals surface area contributed by atoms with Crippen molar-refractivity contribution in [2.45, 2.75) is 39.7 Å². The van der Waals surface area contributed by atoms with E-state index in [2.05, 4.69) is 17.6 Å². The van der Waals surface area contributed by atoms with E-state index in [-0.39, 0.29) is 11.9 Å². The first-order valence-electron chi connectivity index (χ1n) is 5.27. The highest BCUT2D eigenvalue weighted by Gasteiger charge is 2.09. The molecule has 0 radical (unpaired) electrons. The highest BCUT2D eigenvalue weighted by molar-refractivity contribution is 5.73. The van der Waals surface area contributed by atoms with Gasteiger partial charge in [0.1, 0.15) is 0 Å². The van der Waals surface area contributed by atoms with Crippen LogP contribution in [0.1, 0.15) is 33.6 Å². The van der Waals surface area contributed by atoms with Crippen LogP contribution in [-0.2, 0) is 0 Å². The monoisotopic (exact) mass is 202 g/mol. The van der Waals surface area contributed by atoms with E-state index in [1.807, 2.05) is 13.8 Å². The third-order valence-electron chi connectivity index (χ3n) is 2.06. The SMILES string of the molecule is CCCCNC(=O)NCC(O)C(C)C. The van der Waals surface area contributed by atoms with Gasteiger partial charge in [0, 0.05) is 13.1 Å². The minimum atomic E-state index is -0.466. The zero-order valence-corrected chi connectivity index (χ0v) is 9.34. The smallest absolute Gasteiger partial charge is 0.314 e. The Morgan fingerprint density at radius 1 is 1.36 bits per heavy atom. The summed E-state index contributed by atoms with van der Waals surface area (Å²) in [6.07, 6.45) is 1.58. The summed E-state index contributed by atoms with van der Waals surface area (Å²) in [5.74, 6) is 0.172. The molecule has 0 aliphatic carbocycles. The number of amides is 2. The predicted molar refractivity (Wildman–Crippen MR) is 57.2 cm³/mol. The molecule has 3 N–H and O–H groups in total. The van der Waals surface area contributed by atoms with Crippen molar-refractivity contribution in [3.63, 3.8) is 0 Å². The van der Waals surface area contributed by atoms with Crippen molar-refractivity contribution < 1.29 is 9.90 Å². The molecule has 0 fully saturated rings. The Balaban J connectivity index is 3.44. The second-order valence-electron chi connectivity index (χ2n) is 3.80. The van der Waals surface area contributed by atoms with Gasteiger partial charge in [-0.05, 0) is 12.3 Å². The van der Waals surface area contributed by atoms with E-state index in [4.69, 9.17) is 0 Å². The maximum absolute atomic E-state index is 11.1. The lowest BCUT2D eigenvalue weighted by molar-refractivity contribution is 0.125. The predicted octanol–water partition coefficient (Wildman–Crippen LogP) is 1.10. The van der Waals surface area contributed by atoms with Crippen LogP contribution in [0.3, 0.4) is 0 Å². The van der Waals surface area contributed by atoms with Gasteiger partial charge in [0.05, 0.1) is 6.10 Å². The first-order valence-corrected chi connectivity index (χ1v) is 5.27. The van der Waals surface area contributed by atoms with Crippen molar-refractivity contribution in [2.75, 3.05) is 13.1 Å². The summed E-state index contributed by atoms with van der Waals surface area (Å²) < 4.78 is 0. The average Bonchev–Trinajstić information content (AvgIpc) is 2.14. The number of rotatable bonds is 6. The number of hydrogen-bond donors (Lipinski definition) is 3. The van der Waals surface area contributed by atoms with E-state index in [0.717, 1.165) is 12.8 Å². The van der Waals surface area contributed by atoms with Gasteiger partial charge in [-0.25, -0.2) is 4.79 Å². The lowest BCUT2D eigenvalue weighted by atomic mass is 10.1. The van der Waals surface area contributed by atoms with Gasteiger partial charge in [-0.2, -0.15) is 0 Å². The molecule has 1 unspecified atom stereocenters. The molecule has 0 aliphatic heterocycles. The summed E-state index contributed by atoms with van der Waals surface area (Å²) in [6, 6.07) is -0.196. The van der Waals surface area contributed by atoms with Gasteiger partial charge in [-0.3, -0.25) is 0 Å². The first kappa shape index (κ1) is 13.2. The molecule has 0 bridgehead atoms. The highest BCUT2D eigenvalue weighted by Crippen LogP contribution is 1.98. The summed E-state index contributed by atoms with van der Waals surface area (Å²) in [6.45, 7) is 6.92. The minimum absolute atomic E-state index is 0.172. The van der Waals surface area contributed by atoms with Crippen LogP contribution in [0, 0.1) is 5.92 Å². The lowest BCUT2D eigenvalue weighted by Crippen LogP contribution is -2.41. The molecule has 1 atom stereocenters. The van der Waals surface area contributed by atoms with Crippen LogP contribution in [-0.4, -0.2) is 30.3 Å². The van der Waals surface area contributed by atoms with Crippen LogP contribution < -0.4 is 10.6 Å². The Labute approximate surface area is 86.1 Å². The molecule has 0 heterocycles. The van der Waals surface area contributed by atoms with Crippen molar-refractivity contribution in [1.29, 1.82) is 0 Å². The van der Waals surface area contributed by atoms with E-state index in [1.54, 1.807) is 0 Å². The molecule has 14 heavy (non-hydrogen) atoms. The maximum Gasteiger partial charge on any atom is 0.314 e. The van der Waals surface area contributed by atoms with Gasteiger partial charge in [0.25, 0.3) is 0 Å². The minimum Gasteiger partial charge on any atom is -0.391 e. The molecular formula is C10H22N2O2. The van der Waals surface area contributed by atoms with Crippen LogP contribution in [0.2, 0.25) is 0 Å². The second kappa shape index (κ2) is 7.62. The number of carbonyl (C=O) groups is 1. The van der Waals surface area contributed by atoms with Crippen LogP contribution in [0.5, 0.6) is 0 Å². The molecule has 0 aromatic heterocycles. The van der Waals surface area contributed by atoms with E-state index >= 15 is 0 Å². The summed E-state index contributed by atoms with van der Waals surface area (Å²) in [7, 11) is 0. The molecule has 0 aromatic rings. The van der Waals surface area contributed by atoms with E-state index < -0.39 is 6.10 Å². The summed E-state index contributed by atoms with van der Waals surface area (Å²) >= 11 is 0. The van der Waals surface area contributed by atoms with Crippen LogP contribution in [0.4, 0.5) is 4.79 Å². The fourth-order valence-electron chi connectivity index (χ4n) is 0.874. The number of hydrogen-bond acceptors (Lipinski definition) is 2. The van der Waals surface area contributed by atoms with Crippen LogP contribution in [0.15, 0.2) is 0 Å². The number of unbranched alkanes of at least 4 members (excludes halogenated alkanes) is 1. The number of aliphatic hydroxyl groups excluding tert-OH is 1. The van der Waals surface area contributed by atoms with Crippen molar-refractivity contribution in [1.82, 2.24) is 10.6 Å². The molecular weight excluding hydrogens is 180 g/mol. The van der Waals surface area contributed by atoms with Crippen LogP contribution in [0.25, 0.3) is 0 Å². The fourth-order valence-corrected chi connectivity index (χ4v) is 0.874. The Bertz CT molecular complexity index is 160. The van der Waals surface area contributed by atoms with Crippen molar-refractivity contribution >= 4 is 6.03 Å². The van der Waals surface area contributed by atoms with Gasteiger partial charge >= 0.3 is 6.03 Å². The van der Waals surface area contributed by atoms with Crippen molar-refractivity contribution in [3.8, 4) is 0 Å².